The molecule has 0 spiro atoms. The molecule has 0 fully saturated rings. The van der Waals surface area contributed by atoms with Gasteiger partial charge in [0.05, 0.1) is 16.5 Å². The van der Waals surface area contributed by atoms with Crippen LogP contribution in [0.2, 0.25) is 0 Å². The van der Waals surface area contributed by atoms with Crippen LogP contribution in [0.15, 0.2) is 58.8 Å². The van der Waals surface area contributed by atoms with E-state index in [0.29, 0.717) is 0 Å². The molecule has 0 saturated carbocycles. The first-order chi connectivity index (χ1) is 10.8. The number of hydrogen-bond donors (Lipinski definition) is 0. The fourth-order valence-electron chi connectivity index (χ4n) is 2.47. The Morgan fingerprint density at radius 1 is 1.13 bits per heavy atom. The molecule has 0 atom stereocenters. The second-order valence-corrected chi connectivity index (χ2v) is 5.05. The average molecular weight is 316 g/mol. The summed E-state index contributed by atoms with van der Waals surface area (Å²) in [5, 5.41) is 1.64. The maximum atomic E-state index is 13.0. The fourth-order valence-corrected chi connectivity index (χ4v) is 2.47. The van der Waals surface area contributed by atoms with Gasteiger partial charge in [0.2, 0.25) is 5.43 Å². The lowest BCUT2D eigenvalue weighted by molar-refractivity contribution is -0.0688. The van der Waals surface area contributed by atoms with Gasteiger partial charge in [-0.3, -0.25) is 4.79 Å². The number of allylic oxidation sites excluding steroid dienone is 1. The summed E-state index contributed by atoms with van der Waals surface area (Å²) < 4.78 is 44.4. The normalized spacial score (nSPS) is 11.8. The molecule has 0 bridgehead atoms. The highest BCUT2D eigenvalue weighted by molar-refractivity contribution is 5.97. The largest absolute Gasteiger partial charge is 0.456 e. The maximum absolute atomic E-state index is 13.0. The lowest BCUT2D eigenvalue weighted by atomic mass is 10.0. The topological polar surface area (TPSA) is 30.2 Å². The molecule has 116 valence electrons. The zero-order valence-electron chi connectivity index (χ0n) is 11.9. The molecule has 0 radical (unpaired) electrons. The molecular weight excluding hydrogens is 305 g/mol. The quantitative estimate of drug-likeness (QED) is 0.611. The van der Waals surface area contributed by atoms with Crippen molar-refractivity contribution in [2.45, 2.75) is 6.18 Å². The molecule has 5 heteroatoms. The van der Waals surface area contributed by atoms with E-state index in [0.717, 1.165) is 16.8 Å². The van der Waals surface area contributed by atoms with Crippen LogP contribution in [-0.4, -0.2) is 6.18 Å². The van der Waals surface area contributed by atoms with Crippen LogP contribution in [0.4, 0.5) is 13.2 Å². The number of halogens is 3. The minimum absolute atomic E-state index is 0.0784. The Morgan fingerprint density at radius 3 is 2.30 bits per heavy atom. The SMILES string of the molecule is C=Cc1oc2cc3ccccc3cc2c(=O)c1C(=C)C(F)(F)F. The summed E-state index contributed by atoms with van der Waals surface area (Å²) >= 11 is 0. The Morgan fingerprint density at radius 2 is 1.74 bits per heavy atom. The van der Waals surface area contributed by atoms with Crippen molar-refractivity contribution in [2.75, 3.05) is 0 Å². The van der Waals surface area contributed by atoms with Crippen molar-refractivity contribution < 1.29 is 17.6 Å². The summed E-state index contributed by atoms with van der Waals surface area (Å²) in [5.74, 6) is -0.236. The fraction of sp³-hybridized carbons (Fsp3) is 0.0556. The minimum Gasteiger partial charge on any atom is -0.456 e. The van der Waals surface area contributed by atoms with Crippen LogP contribution in [0.3, 0.4) is 0 Å². The van der Waals surface area contributed by atoms with Gasteiger partial charge in [-0.2, -0.15) is 13.2 Å². The standard InChI is InChI=1S/C18H11F3O2/c1-3-14-16(10(2)18(19,20)21)17(22)13-8-11-6-4-5-7-12(11)9-15(13)23-14/h3-9H,1-2H2. The van der Waals surface area contributed by atoms with Crippen molar-refractivity contribution in [3.63, 3.8) is 0 Å². The van der Waals surface area contributed by atoms with Crippen LogP contribution in [0, 0.1) is 0 Å². The summed E-state index contributed by atoms with van der Waals surface area (Å²) in [6, 6.07) is 10.3. The summed E-state index contributed by atoms with van der Waals surface area (Å²) in [5.41, 5.74) is -2.40. The molecule has 0 N–H and O–H groups in total. The third kappa shape index (κ3) is 2.44. The van der Waals surface area contributed by atoms with E-state index in [1.165, 1.54) is 6.07 Å². The lowest BCUT2D eigenvalue weighted by Crippen LogP contribution is -2.19. The Kier molecular flexibility index (Phi) is 3.36. The van der Waals surface area contributed by atoms with Crippen molar-refractivity contribution in [1.82, 2.24) is 0 Å². The van der Waals surface area contributed by atoms with Gasteiger partial charge in [0, 0.05) is 0 Å². The van der Waals surface area contributed by atoms with Crippen molar-refractivity contribution in [3.8, 4) is 0 Å². The molecule has 23 heavy (non-hydrogen) atoms. The molecule has 0 saturated heterocycles. The maximum Gasteiger partial charge on any atom is 0.416 e. The van der Waals surface area contributed by atoms with E-state index in [4.69, 9.17) is 4.42 Å². The first-order valence-electron chi connectivity index (χ1n) is 6.71. The highest BCUT2D eigenvalue weighted by Gasteiger charge is 2.36. The van der Waals surface area contributed by atoms with Gasteiger partial charge in [-0.15, -0.1) is 0 Å². The molecule has 0 aliphatic rings. The third-order valence-electron chi connectivity index (χ3n) is 3.62. The van der Waals surface area contributed by atoms with Gasteiger partial charge in [-0.05, 0) is 29.0 Å². The van der Waals surface area contributed by atoms with Crippen molar-refractivity contribution in [1.29, 1.82) is 0 Å². The Hall–Kier alpha value is -2.82. The second-order valence-electron chi connectivity index (χ2n) is 5.05. The molecular formula is C18H11F3O2. The lowest BCUT2D eigenvalue weighted by Gasteiger charge is -2.13. The van der Waals surface area contributed by atoms with Crippen LogP contribution in [0.5, 0.6) is 0 Å². The van der Waals surface area contributed by atoms with E-state index in [-0.39, 0.29) is 16.7 Å². The van der Waals surface area contributed by atoms with Gasteiger partial charge >= 0.3 is 6.18 Å². The first kappa shape index (κ1) is 15.1. The van der Waals surface area contributed by atoms with Crippen LogP contribution in [0.25, 0.3) is 33.4 Å². The van der Waals surface area contributed by atoms with Crippen LogP contribution >= 0.6 is 0 Å². The molecule has 0 unspecified atom stereocenters. The number of hydrogen-bond acceptors (Lipinski definition) is 2. The predicted octanol–water partition coefficient (Wildman–Crippen LogP) is 5.16. The molecule has 1 aromatic heterocycles. The first-order valence-corrected chi connectivity index (χ1v) is 6.71. The third-order valence-corrected chi connectivity index (χ3v) is 3.62. The average Bonchev–Trinajstić information content (AvgIpc) is 2.51. The van der Waals surface area contributed by atoms with Crippen LogP contribution < -0.4 is 5.43 Å². The van der Waals surface area contributed by atoms with Crippen LogP contribution in [0.1, 0.15) is 11.3 Å². The van der Waals surface area contributed by atoms with Crippen molar-refractivity contribution >= 4 is 33.4 Å². The van der Waals surface area contributed by atoms with E-state index in [9.17, 15) is 18.0 Å². The van der Waals surface area contributed by atoms with Gasteiger partial charge in [0.25, 0.3) is 0 Å². The van der Waals surface area contributed by atoms with E-state index in [2.05, 4.69) is 13.2 Å². The number of fused-ring (bicyclic) bond motifs is 2. The molecule has 3 rings (SSSR count). The summed E-state index contributed by atoms with van der Waals surface area (Å²) in [6.45, 7) is 6.43. The summed E-state index contributed by atoms with van der Waals surface area (Å²) in [4.78, 5) is 12.6. The van der Waals surface area contributed by atoms with Gasteiger partial charge in [0.15, 0.2) is 0 Å². The molecule has 0 amide bonds. The summed E-state index contributed by atoms with van der Waals surface area (Å²) in [7, 11) is 0. The van der Waals surface area contributed by atoms with Crippen LogP contribution in [-0.2, 0) is 0 Å². The van der Waals surface area contributed by atoms with E-state index >= 15 is 0 Å². The zero-order chi connectivity index (χ0) is 16.8. The van der Waals surface area contributed by atoms with E-state index in [1.54, 1.807) is 18.2 Å². The Labute approximate surface area is 129 Å². The van der Waals surface area contributed by atoms with E-state index in [1.807, 2.05) is 12.1 Å². The van der Waals surface area contributed by atoms with Crippen molar-refractivity contribution in [3.05, 3.63) is 71.1 Å². The highest BCUT2D eigenvalue weighted by Crippen LogP contribution is 2.34. The monoisotopic (exact) mass is 316 g/mol. The Balaban J connectivity index is 2.44. The highest BCUT2D eigenvalue weighted by atomic mass is 19.4. The molecule has 3 aromatic rings. The van der Waals surface area contributed by atoms with Gasteiger partial charge < -0.3 is 4.42 Å². The predicted molar refractivity (Wildman–Crippen MR) is 85.2 cm³/mol. The molecule has 0 aliphatic carbocycles. The summed E-state index contributed by atoms with van der Waals surface area (Å²) in [6.07, 6.45) is -3.64. The smallest absolute Gasteiger partial charge is 0.416 e. The minimum atomic E-state index is -4.73. The van der Waals surface area contributed by atoms with Gasteiger partial charge in [-0.1, -0.05) is 37.4 Å². The number of benzene rings is 2. The number of alkyl halides is 3. The van der Waals surface area contributed by atoms with Crippen molar-refractivity contribution in [2.24, 2.45) is 0 Å². The number of rotatable bonds is 2. The second kappa shape index (κ2) is 5.12. The Bertz CT molecular complexity index is 1010. The molecule has 2 aromatic carbocycles. The zero-order valence-corrected chi connectivity index (χ0v) is 11.9. The van der Waals surface area contributed by atoms with Gasteiger partial charge in [-0.25, -0.2) is 0 Å². The molecule has 1 heterocycles. The molecule has 2 nitrogen and oxygen atoms in total. The van der Waals surface area contributed by atoms with E-state index < -0.39 is 22.7 Å². The van der Waals surface area contributed by atoms with Gasteiger partial charge in [0.1, 0.15) is 11.3 Å². The molecule has 0 aliphatic heterocycles.